The Bertz CT molecular complexity index is 183. The first-order valence-electron chi connectivity index (χ1n) is 3.23. The van der Waals surface area contributed by atoms with Crippen LogP contribution in [0.25, 0.3) is 0 Å². The summed E-state index contributed by atoms with van der Waals surface area (Å²) >= 11 is 0. The van der Waals surface area contributed by atoms with Crippen LogP contribution in [0, 0.1) is 5.41 Å². The van der Waals surface area contributed by atoms with Crippen LogP contribution in [-0.2, 0) is 0 Å². The summed E-state index contributed by atoms with van der Waals surface area (Å²) in [4.78, 5) is 0. The molecule has 0 radical (unpaired) electrons. The van der Waals surface area contributed by atoms with Crippen molar-refractivity contribution in [1.82, 2.24) is 0 Å². The molecule has 5 heteroatoms. The molecule has 0 saturated heterocycles. The van der Waals surface area contributed by atoms with E-state index in [2.05, 4.69) is 0 Å². The minimum absolute atomic E-state index is 0. The first kappa shape index (κ1) is 12.2. The van der Waals surface area contributed by atoms with Crippen molar-refractivity contribution >= 4 is 6.98 Å². The van der Waals surface area contributed by atoms with Crippen LogP contribution in [0.15, 0.2) is 11.5 Å². The average molecular weight is 188 g/mol. The van der Waals surface area contributed by atoms with Gasteiger partial charge in [0.25, 0.3) is 0 Å². The molecule has 0 spiro atoms. The summed E-state index contributed by atoms with van der Waals surface area (Å²) in [6.07, 6.45) is 1.50. The van der Waals surface area contributed by atoms with Crippen molar-refractivity contribution in [2.45, 2.75) is 20.3 Å². The third kappa shape index (κ3) is 3.22. The molecule has 58 valence electrons. The summed E-state index contributed by atoms with van der Waals surface area (Å²) in [5.41, 5.74) is -0.530. The Morgan fingerprint density at radius 3 is 1.82 bits per heavy atom. The predicted molar refractivity (Wildman–Crippen MR) is 35.6 cm³/mol. The third-order valence-corrected chi connectivity index (χ3v) is 1.66. The molecule has 0 saturated carbocycles. The smallest absolute Gasteiger partial charge is 0.445 e. The molecule has 0 aromatic carbocycles. The van der Waals surface area contributed by atoms with E-state index in [0.717, 1.165) is 0 Å². The minimum Gasteiger partial charge on any atom is -0.445 e. The van der Waals surface area contributed by atoms with Crippen LogP contribution in [0.4, 0.5) is 12.9 Å². The van der Waals surface area contributed by atoms with E-state index in [1.165, 1.54) is 6.08 Å². The zero-order valence-electron chi connectivity index (χ0n) is 7.00. The largest absolute Gasteiger partial charge is 1.00 e. The van der Waals surface area contributed by atoms with E-state index in [1.807, 2.05) is 0 Å². The van der Waals surface area contributed by atoms with Crippen molar-refractivity contribution < 1.29 is 64.3 Å². The molecule has 0 heterocycles. The number of rotatable bonds is 1. The van der Waals surface area contributed by atoms with Crippen molar-refractivity contribution in [3.8, 4) is 0 Å². The molecule has 0 nitrogen and oxygen atoms in total. The molecule has 0 aromatic rings. The Balaban J connectivity index is 0.000001000. The number of hydrogen-bond acceptors (Lipinski definition) is 0. The molecule has 1 rings (SSSR count). The van der Waals surface area contributed by atoms with E-state index >= 15 is 0 Å². The van der Waals surface area contributed by atoms with Crippen molar-refractivity contribution in [2.75, 3.05) is 0 Å². The quantitative estimate of drug-likeness (QED) is 0.497. The topological polar surface area (TPSA) is 0 Å². The zero-order valence-corrected chi connectivity index (χ0v) is 10.1. The molecule has 0 amide bonds. The van der Waals surface area contributed by atoms with Crippen molar-refractivity contribution in [3.63, 3.8) is 0 Å². The molecule has 0 N–H and O–H groups in total. The van der Waals surface area contributed by atoms with Gasteiger partial charge in [0.2, 0.25) is 0 Å². The van der Waals surface area contributed by atoms with E-state index in [-0.39, 0.29) is 68.7 Å². The molecule has 0 fully saturated rings. The van der Waals surface area contributed by atoms with E-state index in [0.29, 0.717) is 0 Å². The summed E-state index contributed by atoms with van der Waals surface area (Å²) in [6, 6.07) is 0. The molecule has 0 atom stereocenters. The maximum atomic E-state index is 11.8. The summed E-state index contributed by atoms with van der Waals surface area (Å²) in [7, 11) is 0. The predicted octanol–water partition coefficient (Wildman–Crippen LogP) is -0.267. The first-order valence-corrected chi connectivity index (χ1v) is 3.23. The molecule has 1 aliphatic rings. The normalized spacial score (nSPS) is 21.4. The van der Waals surface area contributed by atoms with Gasteiger partial charge in [-0.15, -0.1) is 11.5 Å². The third-order valence-electron chi connectivity index (χ3n) is 1.66. The van der Waals surface area contributed by atoms with Gasteiger partial charge in [-0.1, -0.05) is 20.3 Å². The fourth-order valence-electron chi connectivity index (χ4n) is 1.21. The van der Waals surface area contributed by atoms with Gasteiger partial charge < -0.3 is 12.9 Å². The van der Waals surface area contributed by atoms with Gasteiger partial charge in [-0.05, 0) is 5.41 Å². The van der Waals surface area contributed by atoms with Gasteiger partial charge in [0.1, 0.15) is 0 Å². The van der Waals surface area contributed by atoms with Crippen LogP contribution >= 0.6 is 0 Å². The monoisotopic (exact) mass is 188 g/mol. The minimum atomic E-state index is -4.68. The molecule has 0 aliphatic heterocycles. The van der Waals surface area contributed by atoms with E-state index in [9.17, 15) is 12.9 Å². The Morgan fingerprint density at radius 1 is 1.36 bits per heavy atom. The molecule has 11 heavy (non-hydrogen) atoms. The van der Waals surface area contributed by atoms with Crippen LogP contribution in [0.3, 0.4) is 0 Å². The molecule has 1 aliphatic carbocycles. The fourth-order valence-corrected chi connectivity index (χ4v) is 1.21. The van der Waals surface area contributed by atoms with E-state index < -0.39 is 6.98 Å². The SMILES string of the molecule is CC1(C)C=C([B-](F)(F)F)C1.[K+]. The van der Waals surface area contributed by atoms with Gasteiger partial charge in [-0.2, -0.15) is 0 Å². The van der Waals surface area contributed by atoms with Crippen molar-refractivity contribution in [3.05, 3.63) is 11.5 Å². The summed E-state index contributed by atoms with van der Waals surface area (Å²) in [6.45, 7) is -1.07. The van der Waals surface area contributed by atoms with Crippen molar-refractivity contribution in [2.24, 2.45) is 5.41 Å². The Hall–Kier alpha value is 1.23. The Kier molecular flexibility index (Phi) is 3.93. The maximum absolute atomic E-state index is 11.8. The molecule has 0 unspecified atom stereocenters. The van der Waals surface area contributed by atoms with Crippen LogP contribution in [0.1, 0.15) is 20.3 Å². The van der Waals surface area contributed by atoms with Crippen LogP contribution in [0.5, 0.6) is 0 Å². The second kappa shape index (κ2) is 3.54. The van der Waals surface area contributed by atoms with Crippen LogP contribution in [0.2, 0.25) is 0 Å². The second-order valence-corrected chi connectivity index (χ2v) is 3.46. The molecule has 0 bridgehead atoms. The summed E-state index contributed by atoms with van der Waals surface area (Å²) in [5, 5.41) is 0. The summed E-state index contributed by atoms with van der Waals surface area (Å²) in [5.74, 6) is 0. The van der Waals surface area contributed by atoms with Crippen LogP contribution in [-0.4, -0.2) is 6.98 Å². The van der Waals surface area contributed by atoms with Gasteiger partial charge >= 0.3 is 58.4 Å². The van der Waals surface area contributed by atoms with Gasteiger partial charge in [0.05, 0.1) is 0 Å². The van der Waals surface area contributed by atoms with Gasteiger partial charge in [0.15, 0.2) is 0 Å². The summed E-state index contributed by atoms with van der Waals surface area (Å²) < 4.78 is 35.5. The molecular formula is C6H9BF3K. The standard InChI is InChI=1S/C6H9BF3.K/c1-6(2)3-5(4-6)7(8,9)10;/h3H,4H2,1-2H3;/q-1;+1. The van der Waals surface area contributed by atoms with Crippen LogP contribution < -0.4 is 51.4 Å². The number of halogens is 3. The van der Waals surface area contributed by atoms with E-state index in [1.54, 1.807) is 13.8 Å². The van der Waals surface area contributed by atoms with Gasteiger partial charge in [0, 0.05) is 0 Å². The Morgan fingerprint density at radius 2 is 1.73 bits per heavy atom. The van der Waals surface area contributed by atoms with Gasteiger partial charge in [-0.25, -0.2) is 0 Å². The molecular weight excluding hydrogens is 179 g/mol. The number of allylic oxidation sites excluding steroid dienone is 2. The van der Waals surface area contributed by atoms with E-state index in [4.69, 9.17) is 0 Å². The average Bonchev–Trinajstić information content (AvgIpc) is 1.56. The Labute approximate surface area is 107 Å². The number of hydrogen-bond donors (Lipinski definition) is 0. The maximum Gasteiger partial charge on any atom is 1.00 e. The fraction of sp³-hybridized carbons (Fsp3) is 0.667. The van der Waals surface area contributed by atoms with Crippen molar-refractivity contribution in [1.29, 1.82) is 0 Å². The molecule has 0 aromatic heterocycles. The second-order valence-electron chi connectivity index (χ2n) is 3.46. The first-order chi connectivity index (χ1) is 4.31. The zero-order chi connectivity index (χ0) is 7.99. The van der Waals surface area contributed by atoms with Gasteiger partial charge in [-0.3, -0.25) is 0 Å².